The Bertz CT molecular complexity index is 796. The summed E-state index contributed by atoms with van der Waals surface area (Å²) in [5, 5.41) is 6.96. The highest BCUT2D eigenvalue weighted by Crippen LogP contribution is 2.30. The molecule has 0 bridgehead atoms. The van der Waals surface area contributed by atoms with E-state index in [9.17, 15) is 18.0 Å². The fourth-order valence-corrected chi connectivity index (χ4v) is 2.86. The van der Waals surface area contributed by atoms with E-state index in [1.165, 1.54) is 6.07 Å². The van der Waals surface area contributed by atoms with Gasteiger partial charge in [-0.3, -0.25) is 9.48 Å². The standard InChI is InChI=1S/C17H20F3N3O3/c1-10(2)26-11-5-6-12-13(8-11)23(9-17(18,19)20)22-15(12)21-16(24)14-4-3-7-25-14/h5-6,8,10,14H,3-4,7,9H2,1-2H3,(H,21,22,24)/t14-/m0/s1. The second-order valence-electron chi connectivity index (χ2n) is 6.46. The number of hydrogen-bond donors (Lipinski definition) is 1. The maximum atomic E-state index is 12.9. The van der Waals surface area contributed by atoms with Crippen molar-refractivity contribution in [1.29, 1.82) is 0 Å². The van der Waals surface area contributed by atoms with E-state index in [-0.39, 0.29) is 17.4 Å². The highest BCUT2D eigenvalue weighted by Gasteiger charge is 2.31. The van der Waals surface area contributed by atoms with E-state index in [0.717, 1.165) is 11.1 Å². The third-order valence-electron chi connectivity index (χ3n) is 3.89. The first kappa shape index (κ1) is 18.5. The van der Waals surface area contributed by atoms with Crippen LogP contribution in [0.2, 0.25) is 0 Å². The van der Waals surface area contributed by atoms with Crippen LogP contribution >= 0.6 is 0 Å². The Morgan fingerprint density at radius 3 is 2.85 bits per heavy atom. The van der Waals surface area contributed by atoms with Crippen molar-refractivity contribution in [2.45, 2.75) is 51.6 Å². The molecule has 6 nitrogen and oxygen atoms in total. The number of rotatable bonds is 5. The Labute approximate surface area is 148 Å². The maximum absolute atomic E-state index is 12.9. The van der Waals surface area contributed by atoms with Crippen LogP contribution in [0, 0.1) is 0 Å². The van der Waals surface area contributed by atoms with Gasteiger partial charge in [0.05, 0.1) is 11.6 Å². The number of aromatic nitrogens is 2. The minimum atomic E-state index is -4.44. The molecule has 1 saturated heterocycles. The number of fused-ring (bicyclic) bond motifs is 1. The van der Waals surface area contributed by atoms with Crippen molar-refractivity contribution < 1.29 is 27.4 Å². The van der Waals surface area contributed by atoms with Crippen LogP contribution in [-0.2, 0) is 16.1 Å². The molecule has 9 heteroatoms. The van der Waals surface area contributed by atoms with E-state index in [1.807, 2.05) is 13.8 Å². The van der Waals surface area contributed by atoms with Gasteiger partial charge in [-0.2, -0.15) is 18.3 Å². The first-order valence-electron chi connectivity index (χ1n) is 8.39. The summed E-state index contributed by atoms with van der Waals surface area (Å²) in [4.78, 5) is 12.2. The monoisotopic (exact) mass is 371 g/mol. The molecule has 0 radical (unpaired) electrons. The Kier molecular flexibility index (Phi) is 5.08. The predicted octanol–water partition coefficient (Wildman–Crippen LogP) is 3.50. The molecule has 142 valence electrons. The number of halogens is 3. The summed E-state index contributed by atoms with van der Waals surface area (Å²) in [6.45, 7) is 2.89. The normalized spacial score (nSPS) is 17.8. The average molecular weight is 371 g/mol. The molecule has 1 aliphatic rings. The molecule has 1 aliphatic heterocycles. The van der Waals surface area contributed by atoms with Crippen molar-refractivity contribution in [2.75, 3.05) is 11.9 Å². The number of carbonyl (C=O) groups is 1. The van der Waals surface area contributed by atoms with Crippen molar-refractivity contribution in [3.05, 3.63) is 18.2 Å². The average Bonchev–Trinajstić information content (AvgIpc) is 3.15. The SMILES string of the molecule is CC(C)Oc1ccc2c(NC(=O)[C@@H]3CCCO3)nn(CC(F)(F)F)c2c1. The second kappa shape index (κ2) is 7.14. The zero-order valence-electron chi connectivity index (χ0n) is 14.5. The van der Waals surface area contributed by atoms with Crippen LogP contribution in [-0.4, -0.2) is 40.7 Å². The molecule has 0 spiro atoms. The molecule has 1 fully saturated rings. The fraction of sp³-hybridized carbons (Fsp3) is 0.529. The van der Waals surface area contributed by atoms with E-state index in [0.29, 0.717) is 24.2 Å². The van der Waals surface area contributed by atoms with Gasteiger partial charge in [0.2, 0.25) is 0 Å². The van der Waals surface area contributed by atoms with Gasteiger partial charge in [0.15, 0.2) is 5.82 Å². The zero-order valence-corrected chi connectivity index (χ0v) is 14.5. The minimum absolute atomic E-state index is 0.0841. The lowest BCUT2D eigenvalue weighted by atomic mass is 10.2. The molecule has 0 saturated carbocycles. The molecule has 0 unspecified atom stereocenters. The molecule has 26 heavy (non-hydrogen) atoms. The number of nitrogens with one attached hydrogen (secondary N) is 1. The Hall–Kier alpha value is -2.29. The van der Waals surface area contributed by atoms with Crippen molar-refractivity contribution in [1.82, 2.24) is 9.78 Å². The third kappa shape index (κ3) is 4.27. The molecule has 2 aromatic rings. The van der Waals surface area contributed by atoms with E-state index in [2.05, 4.69) is 10.4 Å². The summed E-state index contributed by atoms with van der Waals surface area (Å²) in [5.41, 5.74) is 0.239. The molecule has 1 atom stereocenters. The van der Waals surface area contributed by atoms with Crippen LogP contribution in [0.5, 0.6) is 5.75 Å². The lowest BCUT2D eigenvalue weighted by Gasteiger charge is -2.11. The largest absolute Gasteiger partial charge is 0.491 e. The van der Waals surface area contributed by atoms with Gasteiger partial charge < -0.3 is 14.8 Å². The number of alkyl halides is 3. The Morgan fingerprint density at radius 1 is 1.46 bits per heavy atom. The highest BCUT2D eigenvalue weighted by atomic mass is 19.4. The molecule has 1 aromatic heterocycles. The first-order valence-corrected chi connectivity index (χ1v) is 8.39. The smallest absolute Gasteiger partial charge is 0.408 e. The van der Waals surface area contributed by atoms with Crippen LogP contribution in [0.15, 0.2) is 18.2 Å². The predicted molar refractivity (Wildman–Crippen MR) is 89.2 cm³/mol. The summed E-state index contributed by atoms with van der Waals surface area (Å²) in [6, 6.07) is 4.73. The van der Waals surface area contributed by atoms with Crippen molar-refractivity contribution >= 4 is 22.6 Å². The molecule has 1 aromatic carbocycles. The summed E-state index contributed by atoms with van der Waals surface area (Å²) >= 11 is 0. The molecule has 1 amide bonds. The van der Waals surface area contributed by atoms with Crippen LogP contribution < -0.4 is 10.1 Å². The number of anilines is 1. The van der Waals surface area contributed by atoms with E-state index < -0.39 is 24.7 Å². The third-order valence-corrected chi connectivity index (χ3v) is 3.89. The van der Waals surface area contributed by atoms with Gasteiger partial charge in [0.1, 0.15) is 18.4 Å². The van der Waals surface area contributed by atoms with Gasteiger partial charge in [-0.15, -0.1) is 0 Å². The number of benzene rings is 1. The maximum Gasteiger partial charge on any atom is 0.408 e. The summed E-state index contributed by atoms with van der Waals surface area (Å²) in [5.74, 6) is 0.122. The van der Waals surface area contributed by atoms with Crippen molar-refractivity contribution in [2.24, 2.45) is 0 Å². The van der Waals surface area contributed by atoms with Crippen LogP contribution in [0.1, 0.15) is 26.7 Å². The van der Waals surface area contributed by atoms with Crippen LogP contribution in [0.3, 0.4) is 0 Å². The molecular weight excluding hydrogens is 351 g/mol. The number of carbonyl (C=O) groups excluding carboxylic acids is 1. The molecular formula is C17H20F3N3O3. The summed E-state index contributed by atoms with van der Waals surface area (Å²) in [7, 11) is 0. The van der Waals surface area contributed by atoms with Gasteiger partial charge >= 0.3 is 6.18 Å². The van der Waals surface area contributed by atoms with Crippen molar-refractivity contribution in [3.63, 3.8) is 0 Å². The molecule has 0 aliphatic carbocycles. The zero-order chi connectivity index (χ0) is 18.9. The summed E-state index contributed by atoms with van der Waals surface area (Å²) < 4.78 is 50.4. The summed E-state index contributed by atoms with van der Waals surface area (Å²) in [6.07, 6.45) is -3.80. The second-order valence-corrected chi connectivity index (χ2v) is 6.46. The number of nitrogens with zero attached hydrogens (tertiary/aromatic N) is 2. The van der Waals surface area contributed by atoms with Gasteiger partial charge in [-0.05, 0) is 38.8 Å². The first-order chi connectivity index (χ1) is 12.2. The Morgan fingerprint density at radius 2 is 2.23 bits per heavy atom. The van der Waals surface area contributed by atoms with Crippen LogP contribution in [0.25, 0.3) is 10.9 Å². The molecule has 3 rings (SSSR count). The fourth-order valence-electron chi connectivity index (χ4n) is 2.86. The number of ether oxygens (including phenoxy) is 2. The van der Waals surface area contributed by atoms with Gasteiger partial charge in [0.25, 0.3) is 5.91 Å². The number of amides is 1. The topological polar surface area (TPSA) is 65.4 Å². The van der Waals surface area contributed by atoms with Gasteiger partial charge in [-0.25, -0.2) is 0 Å². The molecule has 2 heterocycles. The van der Waals surface area contributed by atoms with Crippen LogP contribution in [0.4, 0.5) is 19.0 Å². The Balaban J connectivity index is 1.95. The quantitative estimate of drug-likeness (QED) is 0.874. The highest BCUT2D eigenvalue weighted by molar-refractivity contribution is 6.01. The number of hydrogen-bond acceptors (Lipinski definition) is 4. The molecule has 1 N–H and O–H groups in total. The van der Waals surface area contributed by atoms with E-state index in [4.69, 9.17) is 9.47 Å². The van der Waals surface area contributed by atoms with Crippen molar-refractivity contribution in [3.8, 4) is 5.75 Å². The van der Waals surface area contributed by atoms with Gasteiger partial charge in [-0.1, -0.05) is 0 Å². The van der Waals surface area contributed by atoms with E-state index >= 15 is 0 Å². The van der Waals surface area contributed by atoms with Gasteiger partial charge in [0, 0.05) is 18.1 Å². The minimum Gasteiger partial charge on any atom is -0.491 e. The lowest BCUT2D eigenvalue weighted by Crippen LogP contribution is -2.27. The van der Waals surface area contributed by atoms with E-state index in [1.54, 1.807) is 12.1 Å². The lowest BCUT2D eigenvalue weighted by molar-refractivity contribution is -0.141.